The van der Waals surface area contributed by atoms with Gasteiger partial charge in [-0.05, 0) is 46.1 Å². The third kappa shape index (κ3) is 3.63. The highest BCUT2D eigenvalue weighted by Gasteiger charge is 2.41. The molecule has 1 heterocycles. The summed E-state index contributed by atoms with van der Waals surface area (Å²) in [4.78, 5) is 26.0. The topological polar surface area (TPSA) is 46.6 Å². The molecule has 0 aliphatic carbocycles. The third-order valence-electron chi connectivity index (χ3n) is 3.64. The number of benzene rings is 1. The van der Waals surface area contributed by atoms with Gasteiger partial charge in [0.05, 0.1) is 12.1 Å². The summed E-state index contributed by atoms with van der Waals surface area (Å²) in [5, 5.41) is 0. The molecule has 4 heteroatoms. The number of Topliss-reactive ketones (excluding diaryl/α,β-unsaturated/α-hetero) is 1. The van der Waals surface area contributed by atoms with Crippen LogP contribution in [0.4, 0.5) is 4.79 Å². The fourth-order valence-corrected chi connectivity index (χ4v) is 2.78. The smallest absolute Gasteiger partial charge is 0.411 e. The summed E-state index contributed by atoms with van der Waals surface area (Å²) in [7, 11) is 0. The molecule has 2 atom stereocenters. The molecule has 1 amide bonds. The van der Waals surface area contributed by atoms with Crippen LogP contribution in [-0.2, 0) is 9.53 Å². The van der Waals surface area contributed by atoms with Crippen molar-refractivity contribution in [2.75, 3.05) is 0 Å². The van der Waals surface area contributed by atoms with Crippen molar-refractivity contribution in [1.82, 2.24) is 4.90 Å². The third-order valence-corrected chi connectivity index (χ3v) is 3.64. The van der Waals surface area contributed by atoms with Crippen LogP contribution in [0.25, 0.3) is 0 Å². The number of rotatable bonds is 2. The van der Waals surface area contributed by atoms with Crippen LogP contribution in [0, 0.1) is 0 Å². The van der Waals surface area contributed by atoms with E-state index in [4.69, 9.17) is 4.74 Å². The zero-order valence-corrected chi connectivity index (χ0v) is 13.1. The standard InChI is InChI=1S/C17H23NO3/c1-12(19)14-10-11-15(13-8-6-5-7-9-13)18(14)16(20)21-17(2,3)4/h5-9,14-15H,10-11H2,1-4H3/t14-,15+/m1/s1. The molecule has 21 heavy (non-hydrogen) atoms. The number of ether oxygens (including phenoxy) is 1. The Morgan fingerprint density at radius 1 is 1.14 bits per heavy atom. The van der Waals surface area contributed by atoms with E-state index in [0.717, 1.165) is 12.0 Å². The lowest BCUT2D eigenvalue weighted by atomic mass is 10.0. The first-order valence-electron chi connectivity index (χ1n) is 7.36. The van der Waals surface area contributed by atoms with Crippen LogP contribution in [0.3, 0.4) is 0 Å². The van der Waals surface area contributed by atoms with Crippen LogP contribution in [0.5, 0.6) is 0 Å². The van der Waals surface area contributed by atoms with Gasteiger partial charge in [0, 0.05) is 0 Å². The van der Waals surface area contributed by atoms with E-state index in [1.807, 2.05) is 51.1 Å². The SMILES string of the molecule is CC(=O)[C@H]1CC[C@@H](c2ccccc2)N1C(=O)OC(C)(C)C. The number of likely N-dealkylation sites (tertiary alicyclic amines) is 1. The number of amides is 1. The van der Waals surface area contributed by atoms with E-state index in [1.54, 1.807) is 4.90 Å². The second-order valence-electron chi connectivity index (χ2n) is 6.52. The highest BCUT2D eigenvalue weighted by Crippen LogP contribution is 2.37. The number of nitrogens with zero attached hydrogens (tertiary/aromatic N) is 1. The van der Waals surface area contributed by atoms with E-state index in [-0.39, 0.29) is 17.9 Å². The van der Waals surface area contributed by atoms with Crippen molar-refractivity contribution >= 4 is 11.9 Å². The van der Waals surface area contributed by atoms with E-state index in [2.05, 4.69) is 0 Å². The molecule has 0 N–H and O–H groups in total. The maximum Gasteiger partial charge on any atom is 0.411 e. The van der Waals surface area contributed by atoms with Crippen LogP contribution < -0.4 is 0 Å². The summed E-state index contributed by atoms with van der Waals surface area (Å²) >= 11 is 0. The van der Waals surface area contributed by atoms with Crippen LogP contribution in [0.1, 0.15) is 52.1 Å². The predicted molar refractivity (Wildman–Crippen MR) is 81.0 cm³/mol. The molecule has 1 aromatic carbocycles. The Morgan fingerprint density at radius 3 is 2.29 bits per heavy atom. The normalized spacial score (nSPS) is 22.2. The van der Waals surface area contributed by atoms with E-state index in [1.165, 1.54) is 6.92 Å². The van der Waals surface area contributed by atoms with Gasteiger partial charge in [-0.15, -0.1) is 0 Å². The molecule has 0 bridgehead atoms. The Balaban J connectivity index is 2.29. The number of carbonyl (C=O) groups is 2. The Hall–Kier alpha value is -1.84. The van der Waals surface area contributed by atoms with Crippen molar-refractivity contribution < 1.29 is 14.3 Å². The fraction of sp³-hybridized carbons (Fsp3) is 0.529. The highest BCUT2D eigenvalue weighted by atomic mass is 16.6. The van der Waals surface area contributed by atoms with Gasteiger partial charge in [0.2, 0.25) is 0 Å². The molecule has 0 aromatic heterocycles. The van der Waals surface area contributed by atoms with Gasteiger partial charge in [0.15, 0.2) is 5.78 Å². The molecule has 0 saturated carbocycles. The van der Waals surface area contributed by atoms with Gasteiger partial charge in [-0.2, -0.15) is 0 Å². The molecular weight excluding hydrogens is 266 g/mol. The van der Waals surface area contributed by atoms with Crippen molar-refractivity contribution in [2.24, 2.45) is 0 Å². The lowest BCUT2D eigenvalue weighted by molar-refractivity contribution is -0.121. The van der Waals surface area contributed by atoms with E-state index in [9.17, 15) is 9.59 Å². The van der Waals surface area contributed by atoms with Gasteiger partial charge in [-0.1, -0.05) is 30.3 Å². The summed E-state index contributed by atoms with van der Waals surface area (Å²) < 4.78 is 5.49. The molecule has 2 rings (SSSR count). The van der Waals surface area contributed by atoms with Crippen molar-refractivity contribution in [2.45, 2.75) is 58.2 Å². The molecule has 1 saturated heterocycles. The van der Waals surface area contributed by atoms with Crippen molar-refractivity contribution in [3.63, 3.8) is 0 Å². The van der Waals surface area contributed by atoms with Gasteiger partial charge in [0.1, 0.15) is 5.60 Å². The Labute approximate surface area is 126 Å². The van der Waals surface area contributed by atoms with Gasteiger partial charge >= 0.3 is 6.09 Å². The second-order valence-corrected chi connectivity index (χ2v) is 6.52. The quantitative estimate of drug-likeness (QED) is 0.833. The largest absolute Gasteiger partial charge is 0.444 e. The summed E-state index contributed by atoms with van der Waals surface area (Å²) in [6.07, 6.45) is 1.07. The van der Waals surface area contributed by atoms with Crippen LogP contribution in [0.15, 0.2) is 30.3 Å². The molecular formula is C17H23NO3. The Kier molecular flexibility index (Phi) is 4.35. The molecule has 0 unspecified atom stereocenters. The predicted octanol–water partition coefficient (Wildman–Crippen LogP) is 3.72. The van der Waals surface area contributed by atoms with Crippen LogP contribution in [0.2, 0.25) is 0 Å². The minimum absolute atomic E-state index is 0.0132. The minimum Gasteiger partial charge on any atom is -0.444 e. The Bertz CT molecular complexity index is 519. The summed E-state index contributed by atoms with van der Waals surface area (Å²) in [5.74, 6) is 0.0132. The maximum absolute atomic E-state index is 12.5. The molecule has 1 aliphatic rings. The van der Waals surface area contributed by atoms with Crippen molar-refractivity contribution in [3.05, 3.63) is 35.9 Å². The lowest BCUT2D eigenvalue weighted by Crippen LogP contribution is -2.43. The van der Waals surface area contributed by atoms with E-state index in [0.29, 0.717) is 6.42 Å². The zero-order chi connectivity index (χ0) is 15.6. The average molecular weight is 289 g/mol. The number of hydrogen-bond donors (Lipinski definition) is 0. The molecule has 0 radical (unpaired) electrons. The second kappa shape index (κ2) is 5.88. The monoisotopic (exact) mass is 289 g/mol. The molecule has 4 nitrogen and oxygen atoms in total. The average Bonchev–Trinajstić information content (AvgIpc) is 2.82. The first-order valence-corrected chi connectivity index (χ1v) is 7.36. The summed E-state index contributed by atoms with van der Waals surface area (Å²) in [6.45, 7) is 7.04. The van der Waals surface area contributed by atoms with Gasteiger partial charge in [0.25, 0.3) is 0 Å². The first kappa shape index (κ1) is 15.5. The van der Waals surface area contributed by atoms with Gasteiger partial charge in [-0.25, -0.2) is 4.79 Å². The molecule has 1 fully saturated rings. The summed E-state index contributed by atoms with van der Waals surface area (Å²) in [6, 6.07) is 9.35. The lowest BCUT2D eigenvalue weighted by Gasteiger charge is -2.32. The molecule has 1 aliphatic heterocycles. The minimum atomic E-state index is -0.567. The van der Waals surface area contributed by atoms with Gasteiger partial charge < -0.3 is 4.74 Å². The van der Waals surface area contributed by atoms with E-state index >= 15 is 0 Å². The molecule has 114 valence electrons. The molecule has 0 spiro atoms. The maximum atomic E-state index is 12.5. The van der Waals surface area contributed by atoms with Crippen LogP contribution in [-0.4, -0.2) is 28.4 Å². The highest BCUT2D eigenvalue weighted by molar-refractivity contribution is 5.86. The van der Waals surface area contributed by atoms with Crippen LogP contribution >= 0.6 is 0 Å². The number of ketones is 1. The zero-order valence-electron chi connectivity index (χ0n) is 13.1. The van der Waals surface area contributed by atoms with E-state index < -0.39 is 11.7 Å². The number of hydrogen-bond acceptors (Lipinski definition) is 3. The van der Waals surface area contributed by atoms with Crippen molar-refractivity contribution in [3.8, 4) is 0 Å². The first-order chi connectivity index (χ1) is 9.79. The number of carbonyl (C=O) groups excluding carboxylic acids is 2. The van der Waals surface area contributed by atoms with Gasteiger partial charge in [-0.3, -0.25) is 9.69 Å². The molecule has 1 aromatic rings. The van der Waals surface area contributed by atoms with Crippen molar-refractivity contribution in [1.29, 1.82) is 0 Å². The summed E-state index contributed by atoms with van der Waals surface area (Å²) in [5.41, 5.74) is 0.481. The fourth-order valence-electron chi connectivity index (χ4n) is 2.78. The Morgan fingerprint density at radius 2 is 1.76 bits per heavy atom.